The van der Waals surface area contributed by atoms with E-state index in [2.05, 4.69) is 30.4 Å². The lowest BCUT2D eigenvalue weighted by Crippen LogP contribution is -2.23. The van der Waals surface area contributed by atoms with Crippen molar-refractivity contribution in [3.8, 4) is 5.88 Å². The normalized spacial score (nSPS) is 12.2. The minimum absolute atomic E-state index is 0.470. The van der Waals surface area contributed by atoms with E-state index in [9.17, 15) is 31.1 Å². The van der Waals surface area contributed by atoms with E-state index >= 15 is 0 Å². The van der Waals surface area contributed by atoms with Crippen LogP contribution in [0.2, 0.25) is 0 Å². The molecule has 118 valence electrons. The average Bonchev–Trinajstić information content (AvgIpc) is 2.33. The van der Waals surface area contributed by atoms with Gasteiger partial charge in [0.15, 0.2) is 5.69 Å². The highest BCUT2D eigenvalue weighted by Gasteiger charge is 2.43. The fraction of sp³-hybridized carbons (Fsp3) is 0.400. The standard InChI is InChI=1S/C10H6BrF6NO3/c1-20-8(19)5-2-4(3-11)6(9(12,13)14)7(18-5)21-10(15,16)17/h2H,3H2,1H3. The maximum Gasteiger partial charge on any atom is 0.574 e. The van der Waals surface area contributed by atoms with Crippen molar-refractivity contribution in [3.63, 3.8) is 0 Å². The highest BCUT2D eigenvalue weighted by Crippen LogP contribution is 2.40. The Morgan fingerprint density at radius 1 is 1.29 bits per heavy atom. The van der Waals surface area contributed by atoms with Gasteiger partial charge in [-0.3, -0.25) is 0 Å². The van der Waals surface area contributed by atoms with E-state index < -0.39 is 46.5 Å². The molecule has 0 spiro atoms. The van der Waals surface area contributed by atoms with E-state index in [1.807, 2.05) is 0 Å². The van der Waals surface area contributed by atoms with E-state index in [1.165, 1.54) is 0 Å². The molecule has 0 radical (unpaired) electrons. The van der Waals surface area contributed by atoms with Gasteiger partial charge < -0.3 is 9.47 Å². The lowest BCUT2D eigenvalue weighted by molar-refractivity contribution is -0.278. The number of aromatic nitrogens is 1. The lowest BCUT2D eigenvalue weighted by atomic mass is 10.1. The summed E-state index contributed by atoms with van der Waals surface area (Å²) in [6.07, 6.45) is -10.5. The Bertz CT molecular complexity index is 543. The van der Waals surface area contributed by atoms with Crippen LogP contribution < -0.4 is 4.74 Å². The number of hydrogen-bond donors (Lipinski definition) is 0. The average molecular weight is 382 g/mol. The first-order valence-corrected chi connectivity index (χ1v) is 6.13. The minimum Gasteiger partial charge on any atom is -0.464 e. The summed E-state index contributed by atoms with van der Waals surface area (Å²) in [4.78, 5) is 14.2. The Kier molecular flexibility index (Phi) is 5.07. The zero-order valence-corrected chi connectivity index (χ0v) is 11.7. The van der Waals surface area contributed by atoms with Gasteiger partial charge in [0.2, 0.25) is 5.88 Å². The summed E-state index contributed by atoms with van der Waals surface area (Å²) in [5.74, 6) is -2.95. The summed E-state index contributed by atoms with van der Waals surface area (Å²) in [7, 11) is 0.903. The Morgan fingerprint density at radius 3 is 2.24 bits per heavy atom. The van der Waals surface area contributed by atoms with Crippen molar-refractivity contribution in [3.05, 3.63) is 22.9 Å². The molecule has 4 nitrogen and oxygen atoms in total. The summed E-state index contributed by atoms with van der Waals surface area (Å²) >= 11 is 2.70. The van der Waals surface area contributed by atoms with Crippen LogP contribution >= 0.6 is 15.9 Å². The number of ether oxygens (including phenoxy) is 2. The predicted octanol–water partition coefficient (Wildman–Crippen LogP) is 3.68. The molecule has 1 rings (SSSR count). The van der Waals surface area contributed by atoms with Gasteiger partial charge in [-0.05, 0) is 11.6 Å². The van der Waals surface area contributed by atoms with Crippen LogP contribution in [0.25, 0.3) is 0 Å². The molecule has 0 aliphatic heterocycles. The van der Waals surface area contributed by atoms with Gasteiger partial charge in [0.05, 0.1) is 7.11 Å². The molecule has 1 heterocycles. The van der Waals surface area contributed by atoms with Crippen LogP contribution in [0, 0.1) is 0 Å². The molecule has 1 aromatic heterocycles. The summed E-state index contributed by atoms with van der Waals surface area (Å²) in [6, 6.07) is 0.673. The van der Waals surface area contributed by atoms with Crippen molar-refractivity contribution < 1.29 is 40.6 Å². The summed E-state index contributed by atoms with van der Waals surface area (Å²) in [5.41, 5.74) is -3.10. The van der Waals surface area contributed by atoms with Gasteiger partial charge >= 0.3 is 18.5 Å². The van der Waals surface area contributed by atoms with Crippen LogP contribution in [0.1, 0.15) is 21.6 Å². The highest BCUT2D eigenvalue weighted by molar-refractivity contribution is 9.08. The molecule has 0 aliphatic carbocycles. The van der Waals surface area contributed by atoms with Crippen molar-refractivity contribution in [2.24, 2.45) is 0 Å². The number of pyridine rings is 1. The van der Waals surface area contributed by atoms with Gasteiger partial charge in [0.1, 0.15) is 5.56 Å². The van der Waals surface area contributed by atoms with Crippen LogP contribution in [0.5, 0.6) is 5.88 Å². The molecule has 0 N–H and O–H groups in total. The number of nitrogens with zero attached hydrogens (tertiary/aromatic N) is 1. The first kappa shape index (κ1) is 17.5. The molecular formula is C10H6BrF6NO3. The molecule has 1 aromatic rings. The van der Waals surface area contributed by atoms with Gasteiger partial charge in [-0.2, -0.15) is 13.2 Å². The smallest absolute Gasteiger partial charge is 0.464 e. The Labute approximate surface area is 122 Å². The minimum atomic E-state index is -5.40. The molecule has 21 heavy (non-hydrogen) atoms. The Hall–Kier alpha value is -1.52. The van der Waals surface area contributed by atoms with Gasteiger partial charge in [-0.25, -0.2) is 9.78 Å². The van der Waals surface area contributed by atoms with Crippen molar-refractivity contribution in [1.29, 1.82) is 0 Å². The number of esters is 1. The molecule has 0 amide bonds. The van der Waals surface area contributed by atoms with Crippen LogP contribution in [0.4, 0.5) is 26.3 Å². The molecule has 0 unspecified atom stereocenters. The van der Waals surface area contributed by atoms with Gasteiger partial charge in [-0.15, -0.1) is 13.2 Å². The Balaban J connectivity index is 3.57. The van der Waals surface area contributed by atoms with E-state index in [4.69, 9.17) is 0 Å². The van der Waals surface area contributed by atoms with E-state index in [0.29, 0.717) is 6.07 Å². The number of carbonyl (C=O) groups excluding carboxylic acids is 1. The van der Waals surface area contributed by atoms with Gasteiger partial charge in [0, 0.05) is 5.33 Å². The molecule has 0 aromatic carbocycles. The van der Waals surface area contributed by atoms with Gasteiger partial charge in [-0.1, -0.05) is 15.9 Å². The van der Waals surface area contributed by atoms with E-state index in [1.54, 1.807) is 0 Å². The number of rotatable bonds is 3. The molecule has 0 saturated carbocycles. The van der Waals surface area contributed by atoms with Crippen LogP contribution in [-0.2, 0) is 16.2 Å². The highest BCUT2D eigenvalue weighted by atomic mass is 79.9. The van der Waals surface area contributed by atoms with E-state index in [0.717, 1.165) is 7.11 Å². The number of halogens is 7. The van der Waals surface area contributed by atoms with E-state index in [-0.39, 0.29) is 0 Å². The Morgan fingerprint density at radius 2 is 1.86 bits per heavy atom. The topological polar surface area (TPSA) is 48.4 Å². The molecule has 0 bridgehead atoms. The third kappa shape index (κ3) is 4.48. The number of carbonyl (C=O) groups is 1. The van der Waals surface area contributed by atoms with Crippen molar-refractivity contribution >= 4 is 21.9 Å². The first-order chi connectivity index (χ1) is 9.49. The zero-order valence-electron chi connectivity index (χ0n) is 10.1. The second-order valence-corrected chi connectivity index (χ2v) is 4.08. The SMILES string of the molecule is COC(=O)c1cc(CBr)c(C(F)(F)F)c(OC(F)(F)F)n1. The second kappa shape index (κ2) is 6.08. The fourth-order valence-corrected chi connectivity index (χ4v) is 1.82. The van der Waals surface area contributed by atoms with Crippen molar-refractivity contribution in [1.82, 2.24) is 4.98 Å². The quantitative estimate of drug-likeness (QED) is 0.455. The summed E-state index contributed by atoms with van der Waals surface area (Å²) in [6.45, 7) is 0. The maximum absolute atomic E-state index is 12.9. The zero-order chi connectivity index (χ0) is 16.4. The fourth-order valence-electron chi connectivity index (χ4n) is 1.37. The second-order valence-electron chi connectivity index (χ2n) is 3.52. The molecule has 0 atom stereocenters. The monoisotopic (exact) mass is 381 g/mol. The third-order valence-electron chi connectivity index (χ3n) is 2.10. The van der Waals surface area contributed by atoms with Crippen molar-refractivity contribution in [2.45, 2.75) is 17.9 Å². The summed E-state index contributed by atoms with van der Waals surface area (Å²) in [5, 5.41) is -0.470. The molecule has 0 fully saturated rings. The third-order valence-corrected chi connectivity index (χ3v) is 2.71. The predicted molar refractivity (Wildman–Crippen MR) is 59.9 cm³/mol. The number of alkyl halides is 7. The number of methoxy groups -OCH3 is 1. The van der Waals surface area contributed by atoms with Crippen LogP contribution in [0.3, 0.4) is 0 Å². The van der Waals surface area contributed by atoms with Crippen LogP contribution in [0.15, 0.2) is 6.07 Å². The molecule has 0 aliphatic rings. The lowest BCUT2D eigenvalue weighted by Gasteiger charge is -2.17. The molecular weight excluding hydrogens is 376 g/mol. The molecule has 11 heteroatoms. The van der Waals surface area contributed by atoms with Crippen LogP contribution in [-0.4, -0.2) is 24.4 Å². The largest absolute Gasteiger partial charge is 0.574 e. The van der Waals surface area contributed by atoms with Gasteiger partial charge in [0.25, 0.3) is 0 Å². The molecule has 0 saturated heterocycles. The van der Waals surface area contributed by atoms with Crippen molar-refractivity contribution in [2.75, 3.05) is 7.11 Å². The summed E-state index contributed by atoms with van der Waals surface area (Å²) < 4.78 is 82.7. The number of hydrogen-bond acceptors (Lipinski definition) is 4. The maximum atomic E-state index is 12.9. The first-order valence-electron chi connectivity index (χ1n) is 5.00.